The Morgan fingerprint density at radius 3 is 2.44 bits per heavy atom. The van der Waals surface area contributed by atoms with Crippen LogP contribution in [0.5, 0.6) is 0 Å². The molecule has 0 amide bonds. The van der Waals surface area contributed by atoms with E-state index < -0.39 is 0 Å². The van der Waals surface area contributed by atoms with Gasteiger partial charge in [-0.15, -0.1) is 0 Å². The van der Waals surface area contributed by atoms with E-state index in [2.05, 4.69) is 39.7 Å². The maximum Gasteiger partial charge on any atom is 0.159 e. The van der Waals surface area contributed by atoms with Crippen LogP contribution in [0.15, 0.2) is 34.9 Å². The minimum atomic E-state index is 0.348. The first-order valence-corrected chi connectivity index (χ1v) is 6.73. The van der Waals surface area contributed by atoms with Gasteiger partial charge in [0, 0.05) is 28.3 Å². The molecular formula is C14H16BrN3. The molecule has 0 fully saturated rings. The fourth-order valence-corrected chi connectivity index (χ4v) is 2.08. The average Bonchev–Trinajstić information content (AvgIpc) is 2.39. The summed E-state index contributed by atoms with van der Waals surface area (Å²) < 4.78 is 1.05. The zero-order valence-corrected chi connectivity index (χ0v) is 12.1. The van der Waals surface area contributed by atoms with Gasteiger partial charge in [0.1, 0.15) is 0 Å². The molecule has 0 atom stereocenters. The highest BCUT2D eigenvalue weighted by Gasteiger charge is 2.10. The van der Waals surface area contributed by atoms with Gasteiger partial charge in [-0.2, -0.15) is 0 Å². The molecule has 2 rings (SSSR count). The molecule has 1 heterocycles. The minimum Gasteiger partial charge on any atom is -0.326 e. The molecule has 0 aliphatic heterocycles. The Kier molecular flexibility index (Phi) is 4.09. The van der Waals surface area contributed by atoms with Crippen LogP contribution < -0.4 is 5.73 Å². The van der Waals surface area contributed by atoms with Crippen molar-refractivity contribution in [3.63, 3.8) is 0 Å². The second kappa shape index (κ2) is 5.59. The van der Waals surface area contributed by atoms with E-state index in [1.54, 1.807) is 0 Å². The fraction of sp³-hybridized carbons (Fsp3) is 0.286. The lowest BCUT2D eigenvalue weighted by Crippen LogP contribution is -2.07. The molecule has 0 spiro atoms. The van der Waals surface area contributed by atoms with Crippen LogP contribution in [-0.4, -0.2) is 9.97 Å². The van der Waals surface area contributed by atoms with Crippen LogP contribution in [0.4, 0.5) is 0 Å². The number of nitrogens with zero attached hydrogens (tertiary/aromatic N) is 2. The Morgan fingerprint density at radius 1 is 1.22 bits per heavy atom. The summed E-state index contributed by atoms with van der Waals surface area (Å²) in [5, 5.41) is 0. The number of hydrogen-bond donors (Lipinski definition) is 1. The zero-order chi connectivity index (χ0) is 13.1. The van der Waals surface area contributed by atoms with Crippen LogP contribution in [0.25, 0.3) is 11.4 Å². The number of benzene rings is 1. The molecule has 18 heavy (non-hydrogen) atoms. The van der Waals surface area contributed by atoms with E-state index in [9.17, 15) is 0 Å². The van der Waals surface area contributed by atoms with Crippen molar-refractivity contribution in [3.05, 3.63) is 46.2 Å². The highest BCUT2D eigenvalue weighted by Crippen LogP contribution is 2.22. The highest BCUT2D eigenvalue weighted by atomic mass is 79.9. The molecule has 0 radical (unpaired) electrons. The molecule has 0 saturated heterocycles. The third-order valence-electron chi connectivity index (χ3n) is 2.77. The number of nitrogens with two attached hydrogens (primary N) is 1. The maximum absolute atomic E-state index is 5.71. The Hall–Kier alpha value is -1.26. The quantitative estimate of drug-likeness (QED) is 0.944. The SMILES string of the molecule is CC(C)c1nc(-c2ccc(Br)cc2)ncc1CN. The molecule has 2 N–H and O–H groups in total. The van der Waals surface area contributed by atoms with Crippen molar-refractivity contribution in [1.29, 1.82) is 0 Å². The molecular weight excluding hydrogens is 290 g/mol. The van der Waals surface area contributed by atoms with Crippen molar-refractivity contribution in [2.75, 3.05) is 0 Å². The molecule has 0 aliphatic carbocycles. The number of hydrogen-bond acceptors (Lipinski definition) is 3. The van der Waals surface area contributed by atoms with E-state index in [1.807, 2.05) is 30.5 Å². The smallest absolute Gasteiger partial charge is 0.159 e. The maximum atomic E-state index is 5.71. The first-order chi connectivity index (χ1) is 8.61. The van der Waals surface area contributed by atoms with Crippen molar-refractivity contribution in [2.45, 2.75) is 26.3 Å². The van der Waals surface area contributed by atoms with E-state index in [-0.39, 0.29) is 0 Å². The van der Waals surface area contributed by atoms with Crippen molar-refractivity contribution in [2.24, 2.45) is 5.73 Å². The van der Waals surface area contributed by atoms with Gasteiger partial charge >= 0.3 is 0 Å². The van der Waals surface area contributed by atoms with Gasteiger partial charge in [-0.3, -0.25) is 0 Å². The van der Waals surface area contributed by atoms with Crippen LogP contribution in [0.1, 0.15) is 31.0 Å². The van der Waals surface area contributed by atoms with Gasteiger partial charge in [0.05, 0.1) is 5.69 Å². The second-order valence-corrected chi connectivity index (χ2v) is 5.39. The van der Waals surface area contributed by atoms with Crippen LogP contribution in [0, 0.1) is 0 Å². The molecule has 0 saturated carbocycles. The van der Waals surface area contributed by atoms with Crippen molar-refractivity contribution < 1.29 is 0 Å². The molecule has 0 unspecified atom stereocenters. The standard InChI is InChI=1S/C14H16BrN3/c1-9(2)13-11(7-16)8-17-14(18-13)10-3-5-12(15)6-4-10/h3-6,8-9H,7,16H2,1-2H3. The lowest BCUT2D eigenvalue weighted by atomic mass is 10.0. The first-order valence-electron chi connectivity index (χ1n) is 5.93. The van der Waals surface area contributed by atoms with E-state index in [4.69, 9.17) is 5.73 Å². The largest absolute Gasteiger partial charge is 0.326 e. The molecule has 1 aromatic heterocycles. The highest BCUT2D eigenvalue weighted by molar-refractivity contribution is 9.10. The van der Waals surface area contributed by atoms with Gasteiger partial charge in [0.25, 0.3) is 0 Å². The summed E-state index contributed by atoms with van der Waals surface area (Å²) in [5.41, 5.74) is 8.78. The first kappa shape index (κ1) is 13.2. The normalized spacial score (nSPS) is 10.9. The van der Waals surface area contributed by atoms with Gasteiger partial charge < -0.3 is 5.73 Å². The summed E-state index contributed by atoms with van der Waals surface area (Å²) in [6.07, 6.45) is 1.83. The zero-order valence-electron chi connectivity index (χ0n) is 10.5. The Morgan fingerprint density at radius 2 is 1.89 bits per heavy atom. The molecule has 1 aromatic carbocycles. The lowest BCUT2D eigenvalue weighted by Gasteiger charge is -2.11. The van der Waals surface area contributed by atoms with E-state index in [0.717, 1.165) is 27.1 Å². The topological polar surface area (TPSA) is 51.8 Å². The summed E-state index contributed by atoms with van der Waals surface area (Å²) in [5.74, 6) is 1.10. The number of aromatic nitrogens is 2. The third kappa shape index (κ3) is 2.76. The minimum absolute atomic E-state index is 0.348. The summed E-state index contributed by atoms with van der Waals surface area (Å²) in [6, 6.07) is 7.99. The van der Waals surface area contributed by atoms with Crippen LogP contribution in [0.2, 0.25) is 0 Å². The van der Waals surface area contributed by atoms with Gasteiger partial charge in [-0.25, -0.2) is 9.97 Å². The van der Waals surface area contributed by atoms with E-state index in [0.29, 0.717) is 12.5 Å². The summed E-state index contributed by atoms with van der Waals surface area (Å²) in [6.45, 7) is 4.72. The van der Waals surface area contributed by atoms with Gasteiger partial charge in [0.15, 0.2) is 5.82 Å². The Labute approximate surface area is 116 Å². The fourth-order valence-electron chi connectivity index (χ4n) is 1.82. The number of halogens is 1. The van der Waals surface area contributed by atoms with Gasteiger partial charge in [-0.1, -0.05) is 41.9 Å². The van der Waals surface area contributed by atoms with Gasteiger partial charge in [0.2, 0.25) is 0 Å². The Bertz CT molecular complexity index is 535. The van der Waals surface area contributed by atoms with Crippen LogP contribution in [-0.2, 0) is 6.54 Å². The molecule has 3 nitrogen and oxygen atoms in total. The van der Waals surface area contributed by atoms with Gasteiger partial charge in [-0.05, 0) is 18.1 Å². The predicted molar refractivity (Wildman–Crippen MR) is 77.1 cm³/mol. The second-order valence-electron chi connectivity index (χ2n) is 4.47. The summed E-state index contributed by atoms with van der Waals surface area (Å²) >= 11 is 3.42. The van der Waals surface area contributed by atoms with Crippen molar-refractivity contribution in [3.8, 4) is 11.4 Å². The Balaban J connectivity index is 2.46. The van der Waals surface area contributed by atoms with E-state index >= 15 is 0 Å². The molecule has 4 heteroatoms. The predicted octanol–water partition coefficient (Wildman–Crippen LogP) is 3.49. The average molecular weight is 306 g/mol. The van der Waals surface area contributed by atoms with Crippen LogP contribution >= 0.6 is 15.9 Å². The lowest BCUT2D eigenvalue weighted by molar-refractivity contribution is 0.787. The molecule has 0 aliphatic rings. The summed E-state index contributed by atoms with van der Waals surface area (Å²) in [7, 11) is 0. The van der Waals surface area contributed by atoms with Crippen molar-refractivity contribution in [1.82, 2.24) is 9.97 Å². The van der Waals surface area contributed by atoms with Crippen molar-refractivity contribution >= 4 is 15.9 Å². The third-order valence-corrected chi connectivity index (χ3v) is 3.30. The number of rotatable bonds is 3. The van der Waals surface area contributed by atoms with E-state index in [1.165, 1.54) is 0 Å². The molecule has 2 aromatic rings. The molecule has 94 valence electrons. The monoisotopic (exact) mass is 305 g/mol. The van der Waals surface area contributed by atoms with Crippen LogP contribution in [0.3, 0.4) is 0 Å². The summed E-state index contributed by atoms with van der Waals surface area (Å²) in [4.78, 5) is 9.02. The molecule has 0 bridgehead atoms.